The Bertz CT molecular complexity index is 630. The Hall–Kier alpha value is -2.17. The highest BCUT2D eigenvalue weighted by Crippen LogP contribution is 2.37. The number of hydrogen-bond donors (Lipinski definition) is 1. The number of nitrogens with two attached hydrogens (primary N) is 1. The molecule has 5 nitrogen and oxygen atoms in total. The van der Waals surface area contributed by atoms with Gasteiger partial charge < -0.3 is 15.2 Å². The lowest BCUT2D eigenvalue weighted by Crippen LogP contribution is -2.05. The highest BCUT2D eigenvalue weighted by molar-refractivity contribution is 5.77. The van der Waals surface area contributed by atoms with Crippen molar-refractivity contribution in [2.45, 2.75) is 31.7 Å². The van der Waals surface area contributed by atoms with Crippen molar-refractivity contribution in [1.82, 2.24) is 9.78 Å². The van der Waals surface area contributed by atoms with Gasteiger partial charge in [0.15, 0.2) is 0 Å². The Labute approximate surface area is 124 Å². The zero-order valence-electron chi connectivity index (χ0n) is 12.5. The summed E-state index contributed by atoms with van der Waals surface area (Å²) in [4.78, 5) is 0. The summed E-state index contributed by atoms with van der Waals surface area (Å²) in [6.45, 7) is 0. The summed E-state index contributed by atoms with van der Waals surface area (Å²) < 4.78 is 12.7. The van der Waals surface area contributed by atoms with Crippen LogP contribution in [0.2, 0.25) is 0 Å². The molecule has 2 aromatic rings. The first-order valence-electron chi connectivity index (χ1n) is 7.30. The van der Waals surface area contributed by atoms with E-state index in [4.69, 9.17) is 20.3 Å². The van der Waals surface area contributed by atoms with Gasteiger partial charge in [0.1, 0.15) is 17.2 Å². The normalized spacial score (nSPS) is 15.3. The van der Waals surface area contributed by atoms with E-state index < -0.39 is 0 Å². The van der Waals surface area contributed by atoms with Crippen molar-refractivity contribution in [2.75, 3.05) is 20.0 Å². The maximum atomic E-state index is 6.17. The maximum absolute atomic E-state index is 6.17. The summed E-state index contributed by atoms with van der Waals surface area (Å²) >= 11 is 0. The van der Waals surface area contributed by atoms with E-state index in [1.807, 2.05) is 29.1 Å². The van der Waals surface area contributed by atoms with Crippen LogP contribution in [0.4, 0.5) is 5.69 Å². The lowest BCUT2D eigenvalue weighted by atomic mass is 10.1. The molecule has 0 spiro atoms. The molecule has 21 heavy (non-hydrogen) atoms. The minimum Gasteiger partial charge on any atom is -0.497 e. The summed E-state index contributed by atoms with van der Waals surface area (Å²) in [5.41, 5.74) is 8.53. The van der Waals surface area contributed by atoms with E-state index in [1.165, 1.54) is 25.7 Å². The molecule has 0 amide bonds. The van der Waals surface area contributed by atoms with Crippen LogP contribution < -0.4 is 15.2 Å². The Morgan fingerprint density at radius 3 is 2.62 bits per heavy atom. The van der Waals surface area contributed by atoms with Gasteiger partial charge in [0, 0.05) is 17.8 Å². The summed E-state index contributed by atoms with van der Waals surface area (Å²) in [6.07, 6.45) is 6.84. The zero-order valence-corrected chi connectivity index (χ0v) is 12.5. The molecule has 1 fully saturated rings. The molecule has 0 saturated heterocycles. The van der Waals surface area contributed by atoms with Crippen molar-refractivity contribution in [1.29, 1.82) is 0 Å². The first-order valence-corrected chi connectivity index (χ1v) is 7.30. The van der Waals surface area contributed by atoms with E-state index in [9.17, 15) is 0 Å². The Morgan fingerprint density at radius 1 is 1.19 bits per heavy atom. The van der Waals surface area contributed by atoms with Crippen LogP contribution in [-0.4, -0.2) is 24.0 Å². The van der Waals surface area contributed by atoms with Crippen LogP contribution >= 0.6 is 0 Å². The van der Waals surface area contributed by atoms with E-state index in [0.29, 0.717) is 11.7 Å². The van der Waals surface area contributed by atoms with Gasteiger partial charge in [0.05, 0.1) is 25.9 Å². The Morgan fingerprint density at radius 2 is 1.95 bits per heavy atom. The van der Waals surface area contributed by atoms with E-state index in [0.717, 1.165) is 22.8 Å². The third-order valence-electron chi connectivity index (χ3n) is 4.12. The van der Waals surface area contributed by atoms with Gasteiger partial charge in [-0.1, -0.05) is 12.8 Å². The van der Waals surface area contributed by atoms with Crippen molar-refractivity contribution < 1.29 is 9.47 Å². The SMILES string of the molecule is COc1ccc(-c2nn(C3CCCC3)cc2N)c(OC)c1. The van der Waals surface area contributed by atoms with Gasteiger partial charge in [-0.25, -0.2) is 0 Å². The minimum atomic E-state index is 0.477. The van der Waals surface area contributed by atoms with Crippen molar-refractivity contribution >= 4 is 5.69 Å². The molecule has 0 unspecified atom stereocenters. The molecule has 1 aromatic carbocycles. The lowest BCUT2D eigenvalue weighted by Gasteiger charge is -2.10. The highest BCUT2D eigenvalue weighted by atomic mass is 16.5. The average molecular weight is 287 g/mol. The molecular formula is C16H21N3O2. The van der Waals surface area contributed by atoms with Gasteiger partial charge in [0.2, 0.25) is 0 Å². The molecule has 0 radical (unpaired) electrons. The predicted octanol–water partition coefficient (Wildman–Crippen LogP) is 3.26. The van der Waals surface area contributed by atoms with Crippen LogP contribution in [0, 0.1) is 0 Å². The van der Waals surface area contributed by atoms with Gasteiger partial charge in [0.25, 0.3) is 0 Å². The molecule has 5 heteroatoms. The molecule has 2 N–H and O–H groups in total. The first-order chi connectivity index (χ1) is 10.2. The van der Waals surface area contributed by atoms with Gasteiger partial charge in [-0.15, -0.1) is 0 Å². The van der Waals surface area contributed by atoms with Crippen molar-refractivity contribution in [3.05, 3.63) is 24.4 Å². The molecule has 112 valence electrons. The number of rotatable bonds is 4. The van der Waals surface area contributed by atoms with Gasteiger partial charge in [-0.2, -0.15) is 5.10 Å². The smallest absolute Gasteiger partial charge is 0.132 e. The van der Waals surface area contributed by atoms with Gasteiger partial charge in [-0.05, 0) is 25.0 Å². The fourth-order valence-electron chi connectivity index (χ4n) is 2.97. The third-order valence-corrected chi connectivity index (χ3v) is 4.12. The number of hydrogen-bond acceptors (Lipinski definition) is 4. The molecule has 1 saturated carbocycles. The molecule has 0 bridgehead atoms. The number of methoxy groups -OCH3 is 2. The highest BCUT2D eigenvalue weighted by Gasteiger charge is 2.21. The maximum Gasteiger partial charge on any atom is 0.132 e. The van der Waals surface area contributed by atoms with Crippen LogP contribution in [0.3, 0.4) is 0 Å². The van der Waals surface area contributed by atoms with Crippen molar-refractivity contribution in [3.63, 3.8) is 0 Å². The molecule has 1 aliphatic carbocycles. The van der Waals surface area contributed by atoms with Crippen LogP contribution in [-0.2, 0) is 0 Å². The first kappa shape index (κ1) is 13.8. The topological polar surface area (TPSA) is 62.3 Å². The predicted molar refractivity (Wildman–Crippen MR) is 82.7 cm³/mol. The number of nitrogen functional groups attached to an aromatic ring is 1. The van der Waals surface area contributed by atoms with E-state index in [1.54, 1.807) is 14.2 Å². The summed E-state index contributed by atoms with van der Waals surface area (Å²) in [7, 11) is 3.28. The number of benzene rings is 1. The van der Waals surface area contributed by atoms with Crippen LogP contribution in [0.1, 0.15) is 31.7 Å². The number of nitrogens with zero attached hydrogens (tertiary/aromatic N) is 2. The Balaban J connectivity index is 2.00. The average Bonchev–Trinajstić information content (AvgIpc) is 3.15. The molecular weight excluding hydrogens is 266 g/mol. The minimum absolute atomic E-state index is 0.477. The fraction of sp³-hybridized carbons (Fsp3) is 0.438. The van der Waals surface area contributed by atoms with Gasteiger partial charge >= 0.3 is 0 Å². The van der Waals surface area contributed by atoms with Crippen molar-refractivity contribution in [2.24, 2.45) is 0 Å². The monoisotopic (exact) mass is 287 g/mol. The second kappa shape index (κ2) is 5.68. The number of anilines is 1. The quantitative estimate of drug-likeness (QED) is 0.937. The lowest BCUT2D eigenvalue weighted by molar-refractivity contribution is 0.395. The number of aromatic nitrogens is 2. The number of ether oxygens (including phenoxy) is 2. The summed E-state index contributed by atoms with van der Waals surface area (Å²) in [5.74, 6) is 1.47. The summed E-state index contributed by atoms with van der Waals surface area (Å²) in [6, 6.07) is 6.16. The molecule has 1 heterocycles. The summed E-state index contributed by atoms with van der Waals surface area (Å²) in [5, 5.41) is 4.70. The van der Waals surface area contributed by atoms with E-state index >= 15 is 0 Å². The largest absolute Gasteiger partial charge is 0.497 e. The molecule has 1 aliphatic rings. The van der Waals surface area contributed by atoms with E-state index in [-0.39, 0.29) is 0 Å². The van der Waals surface area contributed by atoms with E-state index in [2.05, 4.69) is 0 Å². The van der Waals surface area contributed by atoms with Crippen LogP contribution in [0.25, 0.3) is 11.3 Å². The second-order valence-corrected chi connectivity index (χ2v) is 5.42. The standard InChI is InChI=1S/C16H21N3O2/c1-20-12-7-8-13(15(9-12)21-2)16-14(17)10-19(18-16)11-5-3-4-6-11/h7-11H,3-6,17H2,1-2H3. The van der Waals surface area contributed by atoms with Crippen LogP contribution in [0.15, 0.2) is 24.4 Å². The van der Waals surface area contributed by atoms with Gasteiger partial charge in [-0.3, -0.25) is 4.68 Å². The molecule has 0 atom stereocenters. The second-order valence-electron chi connectivity index (χ2n) is 5.42. The van der Waals surface area contributed by atoms with Crippen LogP contribution in [0.5, 0.6) is 11.5 Å². The fourth-order valence-corrected chi connectivity index (χ4v) is 2.97. The zero-order chi connectivity index (χ0) is 14.8. The molecule has 3 rings (SSSR count). The molecule has 1 aromatic heterocycles. The van der Waals surface area contributed by atoms with Crippen molar-refractivity contribution in [3.8, 4) is 22.8 Å². The third kappa shape index (κ3) is 2.55. The molecule has 0 aliphatic heterocycles. The Kier molecular flexibility index (Phi) is 3.73.